The van der Waals surface area contributed by atoms with Gasteiger partial charge in [-0.2, -0.15) is 0 Å². The molecule has 6 nitrogen and oxygen atoms in total. The predicted octanol–water partition coefficient (Wildman–Crippen LogP) is 1.38. The molecule has 6 heteroatoms. The molecule has 1 amide bonds. The molecule has 0 bridgehead atoms. The molecule has 1 N–H and O–H groups in total. The van der Waals surface area contributed by atoms with Crippen LogP contribution in [0.25, 0.3) is 0 Å². The maximum atomic E-state index is 11.3. The third kappa shape index (κ3) is 17.3. The Bertz CT molecular complexity index is 226. The first-order chi connectivity index (χ1) is 10.3. The SMILES string of the molecule is CCCCOCCOCCOCCNC(=O)COCCC. The Labute approximate surface area is 128 Å². The van der Waals surface area contributed by atoms with Crippen LogP contribution < -0.4 is 5.32 Å². The minimum Gasteiger partial charge on any atom is -0.379 e. The highest BCUT2D eigenvalue weighted by atomic mass is 16.5. The van der Waals surface area contributed by atoms with Crippen LogP contribution in [-0.2, 0) is 23.7 Å². The van der Waals surface area contributed by atoms with Crippen LogP contribution in [0.5, 0.6) is 0 Å². The first-order valence-corrected chi connectivity index (χ1v) is 7.88. The fraction of sp³-hybridized carbons (Fsp3) is 0.933. The van der Waals surface area contributed by atoms with Gasteiger partial charge in [0.1, 0.15) is 6.61 Å². The molecule has 0 aliphatic carbocycles. The minimum atomic E-state index is -0.104. The van der Waals surface area contributed by atoms with E-state index in [1.807, 2.05) is 6.92 Å². The summed E-state index contributed by atoms with van der Waals surface area (Å²) >= 11 is 0. The number of carbonyl (C=O) groups is 1. The zero-order chi connectivity index (χ0) is 15.6. The molecule has 0 rings (SSSR count). The third-order valence-electron chi connectivity index (χ3n) is 2.54. The third-order valence-corrected chi connectivity index (χ3v) is 2.54. The molecule has 21 heavy (non-hydrogen) atoms. The van der Waals surface area contributed by atoms with Crippen molar-refractivity contribution < 1.29 is 23.7 Å². The van der Waals surface area contributed by atoms with Gasteiger partial charge in [0, 0.05) is 19.8 Å². The van der Waals surface area contributed by atoms with Gasteiger partial charge in [-0.3, -0.25) is 4.79 Å². The number of hydrogen-bond donors (Lipinski definition) is 1. The highest BCUT2D eigenvalue weighted by molar-refractivity contribution is 5.77. The lowest BCUT2D eigenvalue weighted by Crippen LogP contribution is -2.31. The van der Waals surface area contributed by atoms with E-state index < -0.39 is 0 Å². The lowest BCUT2D eigenvalue weighted by molar-refractivity contribution is -0.125. The van der Waals surface area contributed by atoms with Gasteiger partial charge >= 0.3 is 0 Å². The predicted molar refractivity (Wildman–Crippen MR) is 81.5 cm³/mol. The van der Waals surface area contributed by atoms with Crippen molar-refractivity contribution in [2.24, 2.45) is 0 Å². The topological polar surface area (TPSA) is 66.0 Å². The largest absolute Gasteiger partial charge is 0.379 e. The van der Waals surface area contributed by atoms with Crippen LogP contribution in [0.1, 0.15) is 33.1 Å². The summed E-state index contributed by atoms with van der Waals surface area (Å²) in [5.74, 6) is -0.104. The summed E-state index contributed by atoms with van der Waals surface area (Å²) in [4.78, 5) is 11.3. The average molecular weight is 305 g/mol. The van der Waals surface area contributed by atoms with Gasteiger partial charge in [-0.05, 0) is 12.8 Å². The lowest BCUT2D eigenvalue weighted by atomic mass is 10.4. The Hall–Kier alpha value is -0.690. The molecule has 0 aromatic carbocycles. The highest BCUT2D eigenvalue weighted by Gasteiger charge is 1.99. The molecular formula is C15H31NO5. The fourth-order valence-electron chi connectivity index (χ4n) is 1.41. The van der Waals surface area contributed by atoms with E-state index >= 15 is 0 Å². The van der Waals surface area contributed by atoms with Gasteiger partial charge in [0.05, 0.1) is 33.0 Å². The second kappa shape index (κ2) is 17.4. The number of carbonyl (C=O) groups excluding carboxylic acids is 1. The molecule has 0 saturated carbocycles. The maximum absolute atomic E-state index is 11.3. The number of ether oxygens (including phenoxy) is 4. The zero-order valence-corrected chi connectivity index (χ0v) is 13.5. The summed E-state index contributed by atoms with van der Waals surface area (Å²) in [5, 5.41) is 2.72. The monoisotopic (exact) mass is 305 g/mol. The van der Waals surface area contributed by atoms with Crippen LogP contribution >= 0.6 is 0 Å². The van der Waals surface area contributed by atoms with Gasteiger partial charge in [0.15, 0.2) is 0 Å². The second-order valence-corrected chi connectivity index (χ2v) is 4.59. The molecule has 0 aliphatic heterocycles. The molecule has 0 aromatic heterocycles. The van der Waals surface area contributed by atoms with Gasteiger partial charge in [-0.1, -0.05) is 20.3 Å². The van der Waals surface area contributed by atoms with Crippen molar-refractivity contribution >= 4 is 5.91 Å². The van der Waals surface area contributed by atoms with Gasteiger partial charge in [-0.15, -0.1) is 0 Å². The average Bonchev–Trinajstić information content (AvgIpc) is 2.48. The molecule has 0 radical (unpaired) electrons. The van der Waals surface area contributed by atoms with Gasteiger partial charge in [0.25, 0.3) is 0 Å². The Kier molecular flexibility index (Phi) is 16.8. The maximum Gasteiger partial charge on any atom is 0.246 e. The van der Waals surface area contributed by atoms with Crippen LogP contribution in [0.15, 0.2) is 0 Å². The van der Waals surface area contributed by atoms with Crippen molar-refractivity contribution in [1.29, 1.82) is 0 Å². The van der Waals surface area contributed by atoms with Crippen LogP contribution in [0.2, 0.25) is 0 Å². The summed E-state index contributed by atoms with van der Waals surface area (Å²) in [6.07, 6.45) is 3.16. The standard InChI is InChI=1S/C15H31NO5/c1-3-5-8-18-10-12-20-13-11-19-9-6-16-15(17)14-21-7-4-2/h3-14H2,1-2H3,(H,16,17). The molecule has 126 valence electrons. The van der Waals surface area contributed by atoms with Gasteiger partial charge in [0.2, 0.25) is 5.91 Å². The van der Waals surface area contributed by atoms with Crippen molar-refractivity contribution in [3.63, 3.8) is 0 Å². The Balaban J connectivity index is 3.06. The smallest absolute Gasteiger partial charge is 0.246 e. The van der Waals surface area contributed by atoms with Crippen molar-refractivity contribution in [3.05, 3.63) is 0 Å². The summed E-state index contributed by atoms with van der Waals surface area (Å²) in [7, 11) is 0. The molecule has 0 unspecified atom stereocenters. The van der Waals surface area contributed by atoms with Crippen molar-refractivity contribution in [2.75, 3.05) is 59.4 Å². The van der Waals surface area contributed by atoms with Crippen molar-refractivity contribution in [1.82, 2.24) is 5.32 Å². The normalized spacial score (nSPS) is 10.8. The molecule has 0 atom stereocenters. The molecule has 0 saturated heterocycles. The van der Waals surface area contributed by atoms with Crippen LogP contribution in [0, 0.1) is 0 Å². The van der Waals surface area contributed by atoms with E-state index in [-0.39, 0.29) is 12.5 Å². The molecular weight excluding hydrogens is 274 g/mol. The first kappa shape index (κ1) is 20.3. The van der Waals surface area contributed by atoms with E-state index in [4.69, 9.17) is 18.9 Å². The quantitative estimate of drug-likeness (QED) is 0.436. The van der Waals surface area contributed by atoms with E-state index in [9.17, 15) is 4.79 Å². The van der Waals surface area contributed by atoms with E-state index in [0.717, 1.165) is 25.9 Å². The van der Waals surface area contributed by atoms with Gasteiger partial charge < -0.3 is 24.3 Å². The molecule has 0 heterocycles. The highest BCUT2D eigenvalue weighted by Crippen LogP contribution is 1.88. The Morgan fingerprint density at radius 3 is 2.00 bits per heavy atom. The molecule has 0 aliphatic rings. The van der Waals surface area contributed by atoms with Crippen LogP contribution in [-0.4, -0.2) is 65.3 Å². The van der Waals surface area contributed by atoms with E-state index in [0.29, 0.717) is 46.2 Å². The number of hydrogen-bond acceptors (Lipinski definition) is 5. The summed E-state index contributed by atoms with van der Waals surface area (Å²) in [6.45, 7) is 8.96. The van der Waals surface area contributed by atoms with Crippen molar-refractivity contribution in [2.45, 2.75) is 33.1 Å². The van der Waals surface area contributed by atoms with Crippen LogP contribution in [0.4, 0.5) is 0 Å². The fourth-order valence-corrected chi connectivity index (χ4v) is 1.41. The summed E-state index contributed by atoms with van der Waals surface area (Å²) in [6, 6.07) is 0. The van der Waals surface area contributed by atoms with Crippen LogP contribution in [0.3, 0.4) is 0 Å². The Morgan fingerprint density at radius 2 is 1.38 bits per heavy atom. The van der Waals surface area contributed by atoms with Crippen molar-refractivity contribution in [3.8, 4) is 0 Å². The van der Waals surface area contributed by atoms with Gasteiger partial charge in [-0.25, -0.2) is 0 Å². The van der Waals surface area contributed by atoms with E-state index in [1.165, 1.54) is 0 Å². The number of unbranched alkanes of at least 4 members (excludes halogenated alkanes) is 1. The molecule has 0 spiro atoms. The minimum absolute atomic E-state index is 0.104. The first-order valence-electron chi connectivity index (χ1n) is 7.88. The summed E-state index contributed by atoms with van der Waals surface area (Å²) < 4.78 is 21.2. The number of rotatable bonds is 16. The summed E-state index contributed by atoms with van der Waals surface area (Å²) in [5.41, 5.74) is 0. The Morgan fingerprint density at radius 1 is 0.762 bits per heavy atom. The van der Waals surface area contributed by atoms with E-state index in [1.54, 1.807) is 0 Å². The molecule has 0 aromatic rings. The lowest BCUT2D eigenvalue weighted by Gasteiger charge is -2.08. The second-order valence-electron chi connectivity index (χ2n) is 4.59. The number of amides is 1. The van der Waals surface area contributed by atoms with E-state index in [2.05, 4.69) is 12.2 Å². The zero-order valence-electron chi connectivity index (χ0n) is 13.5. The molecule has 0 fully saturated rings. The number of nitrogens with one attached hydrogen (secondary N) is 1.